The highest BCUT2D eigenvalue weighted by Crippen LogP contribution is 2.28. The molecule has 0 bridgehead atoms. The number of sulfonamides is 1. The zero-order chi connectivity index (χ0) is 19.6. The first-order valence-corrected chi connectivity index (χ1v) is 10.5. The summed E-state index contributed by atoms with van der Waals surface area (Å²) in [6.45, 7) is 1.23. The van der Waals surface area contributed by atoms with Gasteiger partial charge in [0, 0.05) is 31.2 Å². The minimum Gasteiger partial charge on any atom is -0.368 e. The average Bonchev–Trinajstić information content (AvgIpc) is 2.64. The number of nitrogens with zero attached hydrogens (tertiary/aromatic N) is 2. The van der Waals surface area contributed by atoms with E-state index in [4.69, 9.17) is 28.9 Å². The third-order valence-electron chi connectivity index (χ3n) is 4.55. The zero-order valence-electron chi connectivity index (χ0n) is 14.4. The van der Waals surface area contributed by atoms with Crippen LogP contribution < -0.4 is 5.73 Å². The molecule has 0 saturated carbocycles. The van der Waals surface area contributed by atoms with Gasteiger partial charge in [0.1, 0.15) is 10.9 Å². The van der Waals surface area contributed by atoms with E-state index >= 15 is 0 Å². The molecule has 2 aromatic rings. The molecule has 3 rings (SSSR count). The second-order valence-corrected chi connectivity index (χ2v) is 8.98. The van der Waals surface area contributed by atoms with E-state index in [-0.39, 0.29) is 23.0 Å². The Labute approximate surface area is 168 Å². The Hall–Kier alpha value is -1.64. The smallest absolute Gasteiger partial charge is 0.244 e. The standard InChI is InChI=1S/C18H19Cl2N3O3S/c19-14-7-5-13(6-8-14)17(18(21)24)22-9-11-23(12-10-22)27(25,26)16-4-2-1-3-15(16)20/h1-8,17H,9-12H2,(H2,21,24). The molecule has 1 fully saturated rings. The Balaban J connectivity index is 1.76. The van der Waals surface area contributed by atoms with Crippen LogP contribution in [0.2, 0.25) is 10.0 Å². The van der Waals surface area contributed by atoms with Crippen LogP contribution in [0.25, 0.3) is 0 Å². The van der Waals surface area contributed by atoms with Crippen molar-refractivity contribution in [2.24, 2.45) is 5.73 Å². The minimum atomic E-state index is -3.69. The number of benzene rings is 2. The van der Waals surface area contributed by atoms with Crippen molar-refractivity contribution in [2.45, 2.75) is 10.9 Å². The molecule has 144 valence electrons. The van der Waals surface area contributed by atoms with Gasteiger partial charge in [0.2, 0.25) is 15.9 Å². The van der Waals surface area contributed by atoms with Crippen LogP contribution in [-0.2, 0) is 14.8 Å². The van der Waals surface area contributed by atoms with Crippen LogP contribution in [-0.4, -0.2) is 49.7 Å². The van der Waals surface area contributed by atoms with Crippen LogP contribution in [0.3, 0.4) is 0 Å². The van der Waals surface area contributed by atoms with Crippen LogP contribution in [0.5, 0.6) is 0 Å². The quantitative estimate of drug-likeness (QED) is 0.794. The van der Waals surface area contributed by atoms with Gasteiger partial charge in [0.15, 0.2) is 0 Å². The summed E-state index contributed by atoms with van der Waals surface area (Å²) in [5.41, 5.74) is 6.34. The average molecular weight is 428 g/mol. The molecule has 2 N–H and O–H groups in total. The predicted molar refractivity (Wildman–Crippen MR) is 105 cm³/mol. The maximum Gasteiger partial charge on any atom is 0.244 e. The van der Waals surface area contributed by atoms with E-state index in [0.29, 0.717) is 18.1 Å². The van der Waals surface area contributed by atoms with Crippen LogP contribution >= 0.6 is 23.2 Å². The Morgan fingerprint density at radius 3 is 2.11 bits per heavy atom. The number of piperazine rings is 1. The van der Waals surface area contributed by atoms with Crippen molar-refractivity contribution in [2.75, 3.05) is 26.2 Å². The molecule has 1 amide bonds. The van der Waals surface area contributed by atoms with E-state index in [0.717, 1.165) is 5.56 Å². The Bertz CT molecular complexity index is 927. The topological polar surface area (TPSA) is 83.7 Å². The molecule has 1 unspecified atom stereocenters. The molecule has 0 aromatic heterocycles. The van der Waals surface area contributed by atoms with Gasteiger partial charge in [-0.25, -0.2) is 8.42 Å². The normalized spacial score (nSPS) is 17.6. The van der Waals surface area contributed by atoms with E-state index < -0.39 is 22.0 Å². The molecule has 2 aromatic carbocycles. The molecule has 27 heavy (non-hydrogen) atoms. The van der Waals surface area contributed by atoms with E-state index in [1.807, 2.05) is 4.90 Å². The van der Waals surface area contributed by atoms with Gasteiger partial charge in [-0.3, -0.25) is 9.69 Å². The summed E-state index contributed by atoms with van der Waals surface area (Å²) in [5.74, 6) is -0.486. The number of rotatable bonds is 5. The Kier molecular flexibility index (Phi) is 6.08. The van der Waals surface area contributed by atoms with Crippen molar-refractivity contribution in [1.82, 2.24) is 9.21 Å². The fourth-order valence-corrected chi connectivity index (χ4v) is 5.24. The second kappa shape index (κ2) is 8.16. The van der Waals surface area contributed by atoms with Crippen LogP contribution in [0.1, 0.15) is 11.6 Å². The van der Waals surface area contributed by atoms with E-state index in [2.05, 4.69) is 0 Å². The number of hydrogen-bond donors (Lipinski definition) is 1. The summed E-state index contributed by atoms with van der Waals surface area (Å²) in [7, 11) is -3.69. The third-order valence-corrected chi connectivity index (χ3v) is 7.20. The summed E-state index contributed by atoms with van der Waals surface area (Å²) in [6, 6.07) is 12.6. The molecule has 1 aliphatic rings. The van der Waals surface area contributed by atoms with Gasteiger partial charge in [0.05, 0.1) is 5.02 Å². The number of primary amides is 1. The van der Waals surface area contributed by atoms with Crippen molar-refractivity contribution in [3.63, 3.8) is 0 Å². The SMILES string of the molecule is NC(=O)C(c1ccc(Cl)cc1)N1CCN(S(=O)(=O)c2ccccc2Cl)CC1. The molecule has 6 nitrogen and oxygen atoms in total. The molecular weight excluding hydrogens is 409 g/mol. The first-order valence-electron chi connectivity index (χ1n) is 8.34. The van der Waals surface area contributed by atoms with Crippen LogP contribution in [0.15, 0.2) is 53.4 Å². The van der Waals surface area contributed by atoms with E-state index in [1.54, 1.807) is 42.5 Å². The van der Waals surface area contributed by atoms with Crippen molar-refractivity contribution >= 4 is 39.1 Å². The van der Waals surface area contributed by atoms with Gasteiger partial charge < -0.3 is 5.73 Å². The number of amides is 1. The van der Waals surface area contributed by atoms with Gasteiger partial charge >= 0.3 is 0 Å². The summed E-state index contributed by atoms with van der Waals surface area (Å²) in [6.07, 6.45) is 0. The molecule has 0 radical (unpaired) electrons. The number of carbonyl (C=O) groups is 1. The summed E-state index contributed by atoms with van der Waals surface area (Å²) < 4.78 is 27.1. The highest BCUT2D eigenvalue weighted by atomic mass is 35.5. The molecule has 0 spiro atoms. The van der Waals surface area contributed by atoms with Crippen LogP contribution in [0.4, 0.5) is 0 Å². The maximum absolute atomic E-state index is 12.8. The highest BCUT2D eigenvalue weighted by molar-refractivity contribution is 7.89. The molecule has 1 atom stereocenters. The molecule has 9 heteroatoms. The lowest BCUT2D eigenvalue weighted by molar-refractivity contribution is -0.124. The van der Waals surface area contributed by atoms with Gasteiger partial charge in [-0.15, -0.1) is 0 Å². The first-order chi connectivity index (χ1) is 12.8. The summed E-state index contributed by atoms with van der Waals surface area (Å²) in [4.78, 5) is 14.0. The van der Waals surface area contributed by atoms with Crippen molar-refractivity contribution < 1.29 is 13.2 Å². The maximum atomic E-state index is 12.8. The lowest BCUT2D eigenvalue weighted by Crippen LogP contribution is -2.51. The fraction of sp³-hybridized carbons (Fsp3) is 0.278. The number of halogens is 2. The molecule has 1 heterocycles. The number of carbonyl (C=O) groups excluding carboxylic acids is 1. The Morgan fingerprint density at radius 2 is 1.56 bits per heavy atom. The molecular formula is C18H19Cl2N3O3S. The predicted octanol–water partition coefficient (Wildman–Crippen LogP) is 2.53. The molecule has 0 aliphatic carbocycles. The van der Waals surface area contributed by atoms with Crippen molar-refractivity contribution in [3.8, 4) is 0 Å². The molecule has 1 aliphatic heterocycles. The zero-order valence-corrected chi connectivity index (χ0v) is 16.7. The van der Waals surface area contributed by atoms with Gasteiger partial charge in [-0.2, -0.15) is 4.31 Å². The number of hydrogen-bond acceptors (Lipinski definition) is 4. The van der Waals surface area contributed by atoms with Gasteiger partial charge in [0.25, 0.3) is 0 Å². The number of nitrogens with two attached hydrogens (primary N) is 1. The lowest BCUT2D eigenvalue weighted by Gasteiger charge is -2.37. The van der Waals surface area contributed by atoms with Crippen molar-refractivity contribution in [1.29, 1.82) is 0 Å². The minimum absolute atomic E-state index is 0.0873. The first kappa shape index (κ1) is 20.1. The summed E-state index contributed by atoms with van der Waals surface area (Å²) >= 11 is 12.0. The van der Waals surface area contributed by atoms with E-state index in [9.17, 15) is 13.2 Å². The van der Waals surface area contributed by atoms with Gasteiger partial charge in [-0.1, -0.05) is 47.5 Å². The van der Waals surface area contributed by atoms with E-state index in [1.165, 1.54) is 10.4 Å². The lowest BCUT2D eigenvalue weighted by atomic mass is 10.0. The van der Waals surface area contributed by atoms with Gasteiger partial charge in [-0.05, 0) is 29.8 Å². The summed E-state index contributed by atoms with van der Waals surface area (Å²) in [5, 5.41) is 0.758. The molecule has 1 saturated heterocycles. The third kappa shape index (κ3) is 4.28. The largest absolute Gasteiger partial charge is 0.368 e. The Morgan fingerprint density at radius 1 is 0.963 bits per heavy atom. The fourth-order valence-electron chi connectivity index (χ4n) is 3.20. The highest BCUT2D eigenvalue weighted by Gasteiger charge is 2.34. The van der Waals surface area contributed by atoms with Crippen LogP contribution in [0, 0.1) is 0 Å². The van der Waals surface area contributed by atoms with Crippen molar-refractivity contribution in [3.05, 3.63) is 64.1 Å². The second-order valence-electron chi connectivity index (χ2n) is 6.23. The monoisotopic (exact) mass is 427 g/mol.